The topological polar surface area (TPSA) is 14.8 Å². The molecule has 9 aromatic carbocycles. The van der Waals surface area contributed by atoms with Crippen LogP contribution in [0.1, 0.15) is 0 Å². The first-order valence-corrected chi connectivity index (χ1v) is 20.7. The van der Waals surface area contributed by atoms with Crippen molar-refractivity contribution >= 4 is 96.9 Å². The summed E-state index contributed by atoms with van der Waals surface area (Å²) in [7, 11) is 0. The van der Waals surface area contributed by atoms with Gasteiger partial charge in [0.05, 0.1) is 44.5 Å². The average molecular weight is 756 g/mol. The van der Waals surface area contributed by atoms with Gasteiger partial charge in [-0.05, 0) is 84.4 Å². The van der Waals surface area contributed by atoms with Crippen LogP contribution in [0.3, 0.4) is 0 Å². The summed E-state index contributed by atoms with van der Waals surface area (Å²) in [5, 5.41) is 10.2. The zero-order valence-corrected chi connectivity index (χ0v) is 32.1. The van der Waals surface area contributed by atoms with Gasteiger partial charge in [0.25, 0.3) is 0 Å². The van der Waals surface area contributed by atoms with E-state index in [1.54, 1.807) is 0 Å². The molecular formula is C54H33N3S. The van der Waals surface area contributed by atoms with E-state index in [1.807, 2.05) is 11.3 Å². The standard InChI is InChI=1S/C54H33N3S/c1-2-15-35(16-3-1)55-43-23-10-5-18-37(43)41-33-34(29-30-46(41)55)36-17-4-9-22-42(36)56-44-24-11-6-19-38(44)53-48(56)31-32-49-54(53)39-20-7-12-25-45(39)57(49)47-26-14-28-51-52(47)40-21-8-13-27-50(40)58-51/h1-33H. The molecule has 0 N–H and O–H groups in total. The Hall–Kier alpha value is -7.40. The molecule has 4 heteroatoms. The smallest absolute Gasteiger partial charge is 0.0555 e. The Kier molecular flexibility index (Phi) is 6.60. The van der Waals surface area contributed by atoms with Gasteiger partial charge in [-0.3, -0.25) is 0 Å². The van der Waals surface area contributed by atoms with Crippen molar-refractivity contribution in [1.82, 2.24) is 13.7 Å². The second-order valence-corrected chi connectivity index (χ2v) is 16.3. The Bertz CT molecular complexity index is 3800. The number of rotatable bonds is 4. The highest BCUT2D eigenvalue weighted by Gasteiger charge is 2.23. The molecular weight excluding hydrogens is 723 g/mol. The fourth-order valence-electron chi connectivity index (χ4n) is 9.89. The van der Waals surface area contributed by atoms with E-state index in [0.717, 1.165) is 5.69 Å². The van der Waals surface area contributed by atoms with Crippen molar-refractivity contribution in [2.45, 2.75) is 0 Å². The lowest BCUT2D eigenvalue weighted by Gasteiger charge is -2.15. The molecule has 0 aliphatic heterocycles. The first-order valence-electron chi connectivity index (χ1n) is 19.9. The minimum atomic E-state index is 1.16. The van der Waals surface area contributed by atoms with Gasteiger partial charge in [-0.15, -0.1) is 11.3 Å². The molecule has 0 atom stereocenters. The summed E-state index contributed by atoms with van der Waals surface area (Å²) in [5.74, 6) is 0. The highest BCUT2D eigenvalue weighted by atomic mass is 32.1. The zero-order valence-electron chi connectivity index (χ0n) is 31.3. The maximum atomic E-state index is 2.51. The van der Waals surface area contributed by atoms with E-state index >= 15 is 0 Å². The molecule has 0 unspecified atom stereocenters. The summed E-state index contributed by atoms with van der Waals surface area (Å²) in [6.45, 7) is 0. The Morgan fingerprint density at radius 1 is 0.293 bits per heavy atom. The molecule has 0 spiro atoms. The van der Waals surface area contributed by atoms with Gasteiger partial charge in [-0.1, -0.05) is 121 Å². The summed E-state index contributed by atoms with van der Waals surface area (Å²) < 4.78 is 10.0. The predicted molar refractivity (Wildman–Crippen MR) is 248 cm³/mol. The molecule has 4 aromatic heterocycles. The number of aromatic nitrogens is 3. The van der Waals surface area contributed by atoms with Gasteiger partial charge in [0.15, 0.2) is 0 Å². The quantitative estimate of drug-likeness (QED) is 0.170. The summed E-state index contributed by atoms with van der Waals surface area (Å²) in [6, 6.07) is 73.6. The first kappa shape index (κ1) is 31.8. The third kappa shape index (κ3) is 4.32. The lowest BCUT2D eigenvalue weighted by atomic mass is 10.0. The molecule has 0 aliphatic carbocycles. The van der Waals surface area contributed by atoms with E-state index in [-0.39, 0.29) is 0 Å². The predicted octanol–water partition coefficient (Wildman–Crippen LogP) is 15.0. The second kappa shape index (κ2) is 12.1. The van der Waals surface area contributed by atoms with E-state index in [1.165, 1.54) is 108 Å². The van der Waals surface area contributed by atoms with E-state index in [4.69, 9.17) is 0 Å². The van der Waals surface area contributed by atoms with Gasteiger partial charge in [0.1, 0.15) is 0 Å². The zero-order chi connectivity index (χ0) is 37.9. The van der Waals surface area contributed by atoms with Crippen LogP contribution < -0.4 is 0 Å². The maximum Gasteiger partial charge on any atom is 0.0555 e. The fraction of sp³-hybridized carbons (Fsp3) is 0. The van der Waals surface area contributed by atoms with Crippen LogP contribution in [-0.2, 0) is 0 Å². The lowest BCUT2D eigenvalue weighted by molar-refractivity contribution is 1.18. The fourth-order valence-corrected chi connectivity index (χ4v) is 11.0. The Morgan fingerprint density at radius 2 is 0.810 bits per heavy atom. The Morgan fingerprint density at radius 3 is 1.55 bits per heavy atom. The van der Waals surface area contributed by atoms with Crippen LogP contribution >= 0.6 is 11.3 Å². The lowest BCUT2D eigenvalue weighted by Crippen LogP contribution is -1.97. The normalized spacial score (nSPS) is 12.1. The summed E-state index contributed by atoms with van der Waals surface area (Å²) in [4.78, 5) is 0. The molecule has 0 amide bonds. The number of benzene rings is 9. The maximum absolute atomic E-state index is 2.51. The van der Waals surface area contributed by atoms with E-state index in [2.05, 4.69) is 214 Å². The summed E-state index contributed by atoms with van der Waals surface area (Å²) in [6.07, 6.45) is 0. The molecule has 4 heterocycles. The van der Waals surface area contributed by atoms with E-state index < -0.39 is 0 Å². The van der Waals surface area contributed by atoms with Crippen molar-refractivity contribution in [1.29, 1.82) is 0 Å². The van der Waals surface area contributed by atoms with Crippen LogP contribution in [0.5, 0.6) is 0 Å². The number of thiophene rings is 1. The SMILES string of the molecule is c1ccc(-n2c3ccccc3c3cc(-c4ccccc4-n4c5ccccc5c5c6c7ccccc7n(-c7cccc8sc9ccccc9c78)c6ccc54)ccc32)cc1. The molecule has 0 saturated carbocycles. The minimum absolute atomic E-state index is 1.16. The van der Waals surface area contributed by atoms with Gasteiger partial charge in [0.2, 0.25) is 0 Å². The van der Waals surface area contributed by atoms with Crippen molar-refractivity contribution < 1.29 is 0 Å². The monoisotopic (exact) mass is 755 g/mol. The van der Waals surface area contributed by atoms with Gasteiger partial charge >= 0.3 is 0 Å². The summed E-state index contributed by atoms with van der Waals surface area (Å²) in [5.41, 5.74) is 13.2. The summed E-state index contributed by atoms with van der Waals surface area (Å²) >= 11 is 1.87. The molecule has 0 fully saturated rings. The van der Waals surface area contributed by atoms with Crippen LogP contribution in [0.25, 0.3) is 114 Å². The Labute approximate surface area is 337 Å². The van der Waals surface area contributed by atoms with Gasteiger partial charge in [-0.2, -0.15) is 0 Å². The highest BCUT2D eigenvalue weighted by Crippen LogP contribution is 2.46. The van der Waals surface area contributed by atoms with Crippen LogP contribution in [0.15, 0.2) is 200 Å². The first-order chi connectivity index (χ1) is 28.8. The van der Waals surface area contributed by atoms with Crippen molar-refractivity contribution in [3.63, 3.8) is 0 Å². The van der Waals surface area contributed by atoms with Crippen LogP contribution in [0, 0.1) is 0 Å². The molecule has 0 bridgehead atoms. The largest absolute Gasteiger partial charge is 0.309 e. The number of nitrogens with zero attached hydrogens (tertiary/aromatic N) is 3. The van der Waals surface area contributed by atoms with Crippen molar-refractivity contribution in [3.05, 3.63) is 200 Å². The highest BCUT2D eigenvalue weighted by molar-refractivity contribution is 7.25. The van der Waals surface area contributed by atoms with E-state index in [9.17, 15) is 0 Å². The molecule has 13 rings (SSSR count). The van der Waals surface area contributed by atoms with Crippen LogP contribution in [0.2, 0.25) is 0 Å². The molecule has 0 aliphatic rings. The number of hydrogen-bond acceptors (Lipinski definition) is 1. The van der Waals surface area contributed by atoms with Crippen LogP contribution in [0.4, 0.5) is 0 Å². The molecule has 0 saturated heterocycles. The second-order valence-electron chi connectivity index (χ2n) is 15.2. The van der Waals surface area contributed by atoms with Crippen LogP contribution in [-0.4, -0.2) is 13.7 Å². The average Bonchev–Trinajstić information content (AvgIpc) is 4.03. The van der Waals surface area contributed by atoms with Crippen molar-refractivity contribution in [3.8, 4) is 28.2 Å². The molecule has 3 nitrogen and oxygen atoms in total. The van der Waals surface area contributed by atoms with Gasteiger partial charge in [0, 0.05) is 63.7 Å². The molecule has 270 valence electrons. The van der Waals surface area contributed by atoms with Crippen molar-refractivity contribution in [2.75, 3.05) is 0 Å². The molecule has 13 aromatic rings. The molecule has 0 radical (unpaired) electrons. The van der Waals surface area contributed by atoms with Gasteiger partial charge < -0.3 is 13.7 Å². The molecule has 58 heavy (non-hydrogen) atoms. The number of hydrogen-bond donors (Lipinski definition) is 0. The minimum Gasteiger partial charge on any atom is -0.309 e. The Balaban J connectivity index is 1.09. The third-order valence-electron chi connectivity index (χ3n) is 12.2. The number of fused-ring (bicyclic) bond motifs is 13. The van der Waals surface area contributed by atoms with Crippen molar-refractivity contribution in [2.24, 2.45) is 0 Å². The third-order valence-corrected chi connectivity index (χ3v) is 13.4. The van der Waals surface area contributed by atoms with Gasteiger partial charge in [-0.25, -0.2) is 0 Å². The van der Waals surface area contributed by atoms with E-state index in [0.29, 0.717) is 0 Å². The number of para-hydroxylation sites is 5.